The molecule has 1 saturated heterocycles. The molecule has 1 fully saturated rings. The minimum Gasteiger partial charge on any atom is -0.474 e. The second-order valence-corrected chi connectivity index (χ2v) is 5.58. The van der Waals surface area contributed by atoms with Crippen LogP contribution in [0.1, 0.15) is 39.4 Å². The van der Waals surface area contributed by atoms with Crippen molar-refractivity contribution in [3.8, 4) is 5.88 Å². The molecule has 4 nitrogen and oxygen atoms in total. The normalized spacial score (nSPS) is 28.1. The molecule has 0 aromatic carbocycles. The summed E-state index contributed by atoms with van der Waals surface area (Å²) >= 11 is 3.39. The molecule has 0 amide bonds. The van der Waals surface area contributed by atoms with E-state index in [1.807, 2.05) is 13.0 Å². The highest BCUT2D eigenvalue weighted by Crippen LogP contribution is 2.24. The van der Waals surface area contributed by atoms with E-state index in [1.54, 1.807) is 0 Å². The summed E-state index contributed by atoms with van der Waals surface area (Å²) in [6.45, 7) is 6.20. The van der Waals surface area contributed by atoms with Crippen LogP contribution >= 0.6 is 15.9 Å². The van der Waals surface area contributed by atoms with E-state index in [4.69, 9.17) is 9.47 Å². The van der Waals surface area contributed by atoms with Crippen LogP contribution < -0.4 is 4.74 Å². The molecule has 1 aromatic rings. The van der Waals surface area contributed by atoms with Crippen molar-refractivity contribution in [1.29, 1.82) is 0 Å². The quantitative estimate of drug-likeness (QED) is 0.804. The molecule has 1 aliphatic rings. The topological polar surface area (TPSA) is 44.2 Å². The maximum absolute atomic E-state index is 5.96. The molecule has 0 radical (unpaired) electrons. The number of halogens is 1. The van der Waals surface area contributed by atoms with Crippen LogP contribution in [-0.2, 0) is 11.2 Å². The minimum absolute atomic E-state index is 0.176. The van der Waals surface area contributed by atoms with Crippen molar-refractivity contribution in [3.63, 3.8) is 0 Å². The lowest BCUT2D eigenvalue weighted by atomic mass is 10.0. The van der Waals surface area contributed by atoms with Gasteiger partial charge in [-0.15, -0.1) is 0 Å². The molecule has 18 heavy (non-hydrogen) atoms. The lowest BCUT2D eigenvalue weighted by Gasteiger charge is -2.31. The van der Waals surface area contributed by atoms with Gasteiger partial charge in [-0.1, -0.05) is 6.92 Å². The van der Waals surface area contributed by atoms with Gasteiger partial charge in [-0.2, -0.15) is 4.98 Å². The second kappa shape index (κ2) is 5.97. The van der Waals surface area contributed by atoms with E-state index < -0.39 is 0 Å². The molecule has 100 valence electrons. The van der Waals surface area contributed by atoms with E-state index >= 15 is 0 Å². The van der Waals surface area contributed by atoms with Gasteiger partial charge in [0, 0.05) is 25.3 Å². The van der Waals surface area contributed by atoms with E-state index in [0.29, 0.717) is 5.88 Å². The highest BCUT2D eigenvalue weighted by molar-refractivity contribution is 9.10. The zero-order chi connectivity index (χ0) is 13.1. The standard InChI is InChI=1S/C13H19BrN2O2/c1-4-12-15-11(14)7-13(16-12)18-10-5-8(2)17-9(3)6-10/h7-10H,4-6H2,1-3H3. The van der Waals surface area contributed by atoms with Crippen LogP contribution in [0.4, 0.5) is 0 Å². The number of aryl methyl sites for hydroxylation is 1. The first-order chi connectivity index (χ1) is 8.56. The molecule has 2 atom stereocenters. The highest BCUT2D eigenvalue weighted by Gasteiger charge is 2.26. The number of ether oxygens (including phenoxy) is 2. The average molecular weight is 315 g/mol. The van der Waals surface area contributed by atoms with Gasteiger partial charge in [0.2, 0.25) is 5.88 Å². The summed E-state index contributed by atoms with van der Waals surface area (Å²) in [6.07, 6.45) is 3.29. The Kier molecular flexibility index (Phi) is 4.56. The molecule has 2 heterocycles. The van der Waals surface area contributed by atoms with Gasteiger partial charge in [0.1, 0.15) is 16.5 Å². The van der Waals surface area contributed by atoms with Crippen molar-refractivity contribution in [1.82, 2.24) is 9.97 Å². The molecule has 1 aliphatic heterocycles. The van der Waals surface area contributed by atoms with Gasteiger partial charge in [-0.3, -0.25) is 0 Å². The van der Waals surface area contributed by atoms with Crippen LogP contribution in [0, 0.1) is 0 Å². The maximum atomic E-state index is 5.96. The van der Waals surface area contributed by atoms with Gasteiger partial charge in [0.25, 0.3) is 0 Å². The Morgan fingerprint density at radius 2 is 2.00 bits per heavy atom. The summed E-state index contributed by atoms with van der Waals surface area (Å²) in [5.41, 5.74) is 0. The number of aromatic nitrogens is 2. The fourth-order valence-electron chi connectivity index (χ4n) is 2.27. The van der Waals surface area contributed by atoms with E-state index in [0.717, 1.165) is 29.7 Å². The van der Waals surface area contributed by atoms with Crippen LogP contribution in [0.2, 0.25) is 0 Å². The summed E-state index contributed by atoms with van der Waals surface area (Å²) in [5, 5.41) is 0. The summed E-state index contributed by atoms with van der Waals surface area (Å²) in [6, 6.07) is 1.82. The van der Waals surface area contributed by atoms with Crippen LogP contribution in [0.25, 0.3) is 0 Å². The molecular weight excluding hydrogens is 296 g/mol. The number of nitrogens with zero attached hydrogens (tertiary/aromatic N) is 2. The van der Waals surface area contributed by atoms with Gasteiger partial charge in [0.15, 0.2) is 0 Å². The molecule has 0 spiro atoms. The van der Waals surface area contributed by atoms with Crippen molar-refractivity contribution in [2.24, 2.45) is 0 Å². The van der Waals surface area contributed by atoms with Crippen LogP contribution in [0.5, 0.6) is 5.88 Å². The highest BCUT2D eigenvalue weighted by atomic mass is 79.9. The Bertz CT molecular complexity index is 404. The van der Waals surface area contributed by atoms with E-state index in [9.17, 15) is 0 Å². The largest absolute Gasteiger partial charge is 0.474 e. The molecule has 2 unspecified atom stereocenters. The molecule has 0 aliphatic carbocycles. The molecule has 0 saturated carbocycles. The molecule has 0 bridgehead atoms. The van der Waals surface area contributed by atoms with E-state index in [1.165, 1.54) is 0 Å². The summed E-state index contributed by atoms with van der Waals surface area (Å²) in [4.78, 5) is 8.67. The van der Waals surface area contributed by atoms with Crippen LogP contribution in [0.15, 0.2) is 10.7 Å². The Hall–Kier alpha value is -0.680. The SMILES string of the molecule is CCc1nc(Br)cc(OC2CC(C)OC(C)C2)n1. The fraction of sp³-hybridized carbons (Fsp3) is 0.692. The van der Waals surface area contributed by atoms with Crippen molar-refractivity contribution >= 4 is 15.9 Å². The third-order valence-electron chi connectivity index (χ3n) is 2.98. The molecular formula is C13H19BrN2O2. The predicted octanol–water partition coefficient (Wildman–Crippen LogP) is 3.14. The summed E-state index contributed by atoms with van der Waals surface area (Å²) in [7, 11) is 0. The third kappa shape index (κ3) is 3.65. The predicted molar refractivity (Wildman–Crippen MR) is 72.8 cm³/mol. The summed E-state index contributed by atoms with van der Waals surface area (Å²) < 4.78 is 12.4. The minimum atomic E-state index is 0.176. The average Bonchev–Trinajstić information content (AvgIpc) is 2.26. The van der Waals surface area contributed by atoms with Crippen LogP contribution in [0.3, 0.4) is 0 Å². The Balaban J connectivity index is 2.06. The molecule has 0 N–H and O–H groups in total. The lowest BCUT2D eigenvalue weighted by Crippen LogP contribution is -2.35. The molecule has 2 rings (SSSR count). The maximum Gasteiger partial charge on any atom is 0.217 e. The summed E-state index contributed by atoms with van der Waals surface area (Å²) in [5.74, 6) is 1.45. The smallest absolute Gasteiger partial charge is 0.217 e. The van der Waals surface area contributed by atoms with Gasteiger partial charge in [0.05, 0.1) is 12.2 Å². The zero-order valence-electron chi connectivity index (χ0n) is 11.0. The van der Waals surface area contributed by atoms with Crippen LogP contribution in [-0.4, -0.2) is 28.3 Å². The van der Waals surface area contributed by atoms with Crippen molar-refractivity contribution in [2.45, 2.75) is 58.3 Å². The van der Waals surface area contributed by atoms with Gasteiger partial charge in [-0.25, -0.2) is 4.98 Å². The van der Waals surface area contributed by atoms with Gasteiger partial charge in [-0.05, 0) is 29.8 Å². The van der Waals surface area contributed by atoms with E-state index in [2.05, 4.69) is 39.7 Å². The van der Waals surface area contributed by atoms with Gasteiger partial charge >= 0.3 is 0 Å². The zero-order valence-corrected chi connectivity index (χ0v) is 12.6. The molecule has 1 aromatic heterocycles. The number of rotatable bonds is 3. The first-order valence-corrected chi connectivity index (χ1v) is 7.21. The fourth-order valence-corrected chi connectivity index (χ4v) is 2.67. The molecule has 5 heteroatoms. The van der Waals surface area contributed by atoms with Crippen molar-refractivity contribution < 1.29 is 9.47 Å². The first-order valence-electron chi connectivity index (χ1n) is 6.42. The number of hydrogen-bond donors (Lipinski definition) is 0. The third-order valence-corrected chi connectivity index (χ3v) is 3.38. The Morgan fingerprint density at radius 3 is 2.61 bits per heavy atom. The van der Waals surface area contributed by atoms with E-state index in [-0.39, 0.29) is 18.3 Å². The van der Waals surface area contributed by atoms with Gasteiger partial charge < -0.3 is 9.47 Å². The lowest BCUT2D eigenvalue weighted by molar-refractivity contribution is -0.0730. The number of hydrogen-bond acceptors (Lipinski definition) is 4. The van der Waals surface area contributed by atoms with Crippen molar-refractivity contribution in [2.75, 3.05) is 0 Å². The first kappa shape index (κ1) is 13.7. The second-order valence-electron chi connectivity index (χ2n) is 4.77. The Morgan fingerprint density at radius 1 is 1.33 bits per heavy atom. The monoisotopic (exact) mass is 314 g/mol. The van der Waals surface area contributed by atoms with Crippen molar-refractivity contribution in [3.05, 3.63) is 16.5 Å². The Labute approximate surface area is 116 Å².